The number of benzene rings is 2. The molecule has 0 amide bonds. The van der Waals surface area contributed by atoms with Gasteiger partial charge < -0.3 is 22.8 Å². The number of carbonyl (C=O) groups is 1. The van der Waals surface area contributed by atoms with Gasteiger partial charge in [0.15, 0.2) is 0 Å². The van der Waals surface area contributed by atoms with E-state index >= 15 is 0 Å². The van der Waals surface area contributed by atoms with Crippen LogP contribution in [0.3, 0.4) is 0 Å². The van der Waals surface area contributed by atoms with Crippen molar-refractivity contribution < 1.29 is 31.9 Å². The molecule has 184 valence electrons. The monoisotopic (exact) mass is 534 g/mol. The molecule has 7 nitrogen and oxygen atoms in total. The van der Waals surface area contributed by atoms with Crippen LogP contribution in [0.1, 0.15) is 43.6 Å². The van der Waals surface area contributed by atoms with Gasteiger partial charge in [0.2, 0.25) is 0 Å². The van der Waals surface area contributed by atoms with Gasteiger partial charge in [-0.05, 0) is 69.0 Å². The summed E-state index contributed by atoms with van der Waals surface area (Å²) in [4.78, 5) is 11.6. The SMILES string of the molecule is CCOP(=S)(OCC)OP(=S)(OCC)OCC.O=C(OCc1ccccc1)c1ccccc1. The van der Waals surface area contributed by atoms with Crippen LogP contribution in [-0.2, 0) is 57.4 Å². The fourth-order valence-corrected chi connectivity index (χ4v) is 8.68. The van der Waals surface area contributed by atoms with Crippen LogP contribution < -0.4 is 0 Å². The van der Waals surface area contributed by atoms with Crippen molar-refractivity contribution in [3.8, 4) is 0 Å². The van der Waals surface area contributed by atoms with Gasteiger partial charge >= 0.3 is 19.4 Å². The summed E-state index contributed by atoms with van der Waals surface area (Å²) >= 11 is 10.4. The van der Waals surface area contributed by atoms with Crippen LogP contribution in [0.15, 0.2) is 60.7 Å². The van der Waals surface area contributed by atoms with Crippen LogP contribution in [0.25, 0.3) is 0 Å². The molecule has 0 saturated heterocycles. The highest BCUT2D eigenvalue weighted by atomic mass is 32.5. The number of rotatable bonds is 13. The summed E-state index contributed by atoms with van der Waals surface area (Å²) in [6.45, 7) is 3.40. The Morgan fingerprint density at radius 3 is 1.48 bits per heavy atom. The molecule has 0 unspecified atom stereocenters. The van der Waals surface area contributed by atoms with Crippen LogP contribution in [0.2, 0.25) is 0 Å². The molecule has 0 fully saturated rings. The molecule has 0 bridgehead atoms. The standard InChI is InChI=1S/C14H12O2.C8H20O5P2S2/c15-14(13-9-5-2-6-10-13)16-11-12-7-3-1-4-8-12;1-5-9-14(16,10-6-2)13-15(17,11-7-3)12-8-4/h1-10H,11H2;5-8H2,1-4H3. The summed E-state index contributed by atoms with van der Waals surface area (Å²) in [5, 5.41) is 0. The minimum Gasteiger partial charge on any atom is -0.457 e. The molecule has 33 heavy (non-hydrogen) atoms. The molecule has 11 heteroatoms. The van der Waals surface area contributed by atoms with Crippen LogP contribution in [0, 0.1) is 0 Å². The molecule has 2 aromatic rings. The quantitative estimate of drug-likeness (QED) is 0.208. The minimum atomic E-state index is -2.87. The van der Waals surface area contributed by atoms with Gasteiger partial charge in [-0.25, -0.2) is 9.11 Å². The highest BCUT2D eigenvalue weighted by Gasteiger charge is 2.31. The van der Waals surface area contributed by atoms with Gasteiger partial charge in [-0.1, -0.05) is 48.5 Å². The lowest BCUT2D eigenvalue weighted by Crippen LogP contribution is -2.04. The van der Waals surface area contributed by atoms with Crippen molar-refractivity contribution in [3.63, 3.8) is 0 Å². The van der Waals surface area contributed by atoms with Crippen LogP contribution >= 0.6 is 13.4 Å². The Labute approximate surface area is 207 Å². The molecule has 0 aliphatic rings. The molecular weight excluding hydrogens is 502 g/mol. The Morgan fingerprint density at radius 1 is 0.697 bits per heavy atom. The topological polar surface area (TPSA) is 72.5 Å². The number of hydrogen-bond acceptors (Lipinski definition) is 9. The predicted octanol–water partition coefficient (Wildman–Crippen LogP) is 6.64. The van der Waals surface area contributed by atoms with E-state index in [2.05, 4.69) is 0 Å². The van der Waals surface area contributed by atoms with Gasteiger partial charge in [-0.15, -0.1) is 0 Å². The fraction of sp³-hybridized carbons (Fsp3) is 0.409. The highest BCUT2D eigenvalue weighted by Crippen LogP contribution is 2.66. The van der Waals surface area contributed by atoms with Crippen LogP contribution in [0.5, 0.6) is 0 Å². The first-order valence-electron chi connectivity index (χ1n) is 10.6. The second-order valence-electron chi connectivity index (χ2n) is 6.07. The molecule has 0 aromatic heterocycles. The van der Waals surface area contributed by atoms with E-state index < -0.39 is 13.4 Å². The zero-order chi connectivity index (χ0) is 24.6. The van der Waals surface area contributed by atoms with Crippen molar-refractivity contribution in [2.24, 2.45) is 0 Å². The summed E-state index contributed by atoms with van der Waals surface area (Å²) < 4.78 is 32.1. The van der Waals surface area contributed by atoms with Gasteiger partial charge in [-0.2, -0.15) is 0 Å². The maximum atomic E-state index is 11.6. The van der Waals surface area contributed by atoms with E-state index in [0.717, 1.165) is 5.56 Å². The average Bonchev–Trinajstić information content (AvgIpc) is 2.79. The molecule has 0 atom stereocenters. The molecule has 2 aromatic carbocycles. The van der Waals surface area contributed by atoms with Gasteiger partial charge in [0.1, 0.15) is 6.61 Å². The van der Waals surface area contributed by atoms with E-state index in [1.165, 1.54) is 0 Å². The molecule has 2 rings (SSSR count). The normalized spacial score (nSPS) is 11.4. The maximum absolute atomic E-state index is 11.6. The number of esters is 1. The van der Waals surface area contributed by atoms with E-state index in [1.807, 2.05) is 76.2 Å². The van der Waals surface area contributed by atoms with Crippen molar-refractivity contribution in [2.45, 2.75) is 34.3 Å². The molecule has 0 aliphatic heterocycles. The van der Waals surface area contributed by atoms with Crippen molar-refractivity contribution in [2.75, 3.05) is 26.4 Å². The van der Waals surface area contributed by atoms with E-state index in [4.69, 9.17) is 50.8 Å². The van der Waals surface area contributed by atoms with E-state index in [0.29, 0.717) is 38.6 Å². The number of ether oxygens (including phenoxy) is 1. The van der Waals surface area contributed by atoms with Gasteiger partial charge in [-0.3, -0.25) is 0 Å². The second-order valence-corrected chi connectivity index (χ2v) is 12.2. The molecule has 0 aliphatic carbocycles. The lowest BCUT2D eigenvalue weighted by atomic mass is 10.2. The third kappa shape index (κ3) is 12.3. The Balaban J connectivity index is 0.000000330. The third-order valence-electron chi connectivity index (χ3n) is 3.57. The molecule has 0 spiro atoms. The van der Waals surface area contributed by atoms with E-state index in [-0.39, 0.29) is 5.97 Å². The van der Waals surface area contributed by atoms with Crippen LogP contribution in [0.4, 0.5) is 0 Å². The first-order chi connectivity index (χ1) is 15.8. The van der Waals surface area contributed by atoms with E-state index in [9.17, 15) is 4.79 Å². The number of hydrogen-bond donors (Lipinski definition) is 0. The predicted molar refractivity (Wildman–Crippen MR) is 138 cm³/mol. The summed E-state index contributed by atoms with van der Waals surface area (Å²) in [7, 11) is 0. The van der Waals surface area contributed by atoms with Crippen LogP contribution in [-0.4, -0.2) is 32.4 Å². The Bertz CT molecular complexity index is 850. The average molecular weight is 535 g/mol. The largest absolute Gasteiger partial charge is 0.457 e. The lowest BCUT2D eigenvalue weighted by Gasteiger charge is -2.27. The van der Waals surface area contributed by atoms with Crippen molar-refractivity contribution >= 4 is 43.0 Å². The van der Waals surface area contributed by atoms with Crippen molar-refractivity contribution in [1.82, 2.24) is 0 Å². The molecule has 0 saturated carbocycles. The zero-order valence-corrected chi connectivity index (χ0v) is 22.8. The van der Waals surface area contributed by atoms with E-state index in [1.54, 1.807) is 12.1 Å². The fourth-order valence-electron chi connectivity index (χ4n) is 2.30. The summed E-state index contributed by atoms with van der Waals surface area (Å²) in [6.07, 6.45) is 0. The molecule has 0 heterocycles. The molecule has 0 radical (unpaired) electrons. The second kappa shape index (κ2) is 16.6. The highest BCUT2D eigenvalue weighted by molar-refractivity contribution is 8.14. The van der Waals surface area contributed by atoms with Gasteiger partial charge in [0, 0.05) is 0 Å². The first-order valence-corrected chi connectivity index (χ1v) is 15.7. The zero-order valence-electron chi connectivity index (χ0n) is 19.4. The van der Waals surface area contributed by atoms with Gasteiger partial charge in [0.05, 0.1) is 32.0 Å². The third-order valence-corrected chi connectivity index (χ3v) is 9.93. The maximum Gasteiger partial charge on any atom is 0.338 e. The summed E-state index contributed by atoms with van der Waals surface area (Å²) in [6, 6.07) is 18.6. The lowest BCUT2D eigenvalue weighted by molar-refractivity contribution is 0.0472. The van der Waals surface area contributed by atoms with Crippen molar-refractivity contribution in [1.29, 1.82) is 0 Å². The summed E-state index contributed by atoms with van der Waals surface area (Å²) in [5.74, 6) is -0.288. The Morgan fingerprint density at radius 2 is 1.09 bits per heavy atom. The molecular formula is C22H32O7P2S2. The summed E-state index contributed by atoms with van der Waals surface area (Å²) in [5.41, 5.74) is 1.57. The van der Waals surface area contributed by atoms with Crippen molar-refractivity contribution in [3.05, 3.63) is 71.8 Å². The first kappa shape index (κ1) is 30.0. The molecule has 0 N–H and O–H groups in total. The van der Waals surface area contributed by atoms with Gasteiger partial charge in [0.25, 0.3) is 0 Å². The Hall–Kier alpha value is -0.990. The Kier molecular flexibility index (Phi) is 15.1. The number of carbonyl (C=O) groups excluding carboxylic acids is 1. The minimum absolute atomic E-state index is 0.288. The smallest absolute Gasteiger partial charge is 0.338 e.